The summed E-state index contributed by atoms with van der Waals surface area (Å²) in [7, 11) is 1.18. The third kappa shape index (κ3) is 5.07. The van der Waals surface area contributed by atoms with E-state index in [9.17, 15) is 14.4 Å². The Bertz CT molecular complexity index is 166. The van der Waals surface area contributed by atoms with Crippen LogP contribution in [0.25, 0.3) is 0 Å². The quantitative estimate of drug-likeness (QED) is 0.411. The number of amides is 1. The Kier molecular flexibility index (Phi) is 4.72. The number of hydrogen-bond acceptors (Lipinski definition) is 4. The average molecular weight is 158 g/mol. The van der Waals surface area contributed by atoms with Crippen molar-refractivity contribution >= 4 is 18.2 Å². The van der Waals surface area contributed by atoms with E-state index in [-0.39, 0.29) is 13.0 Å². The summed E-state index contributed by atoms with van der Waals surface area (Å²) < 4.78 is 4.20. The highest BCUT2D eigenvalue weighted by atomic mass is 16.5. The zero-order chi connectivity index (χ0) is 8.69. The van der Waals surface area contributed by atoms with Gasteiger partial charge in [0, 0.05) is 0 Å². The second kappa shape index (κ2) is 5.40. The Morgan fingerprint density at radius 1 is 1.55 bits per heavy atom. The molecule has 0 aliphatic rings. The molecule has 1 N–H and O–H groups in total. The van der Waals surface area contributed by atoms with Crippen LogP contribution in [0.2, 0.25) is 0 Å². The first kappa shape index (κ1) is 9.61. The van der Waals surface area contributed by atoms with Gasteiger partial charge in [0.05, 0.1) is 13.7 Å². The lowest BCUT2D eigenvalue weighted by molar-refractivity contribution is -0.143. The molecule has 0 rings (SSSR count). The van der Waals surface area contributed by atoms with Crippen molar-refractivity contribution in [1.29, 1.82) is 0 Å². The van der Waals surface area contributed by atoms with Crippen LogP contribution in [0.5, 0.6) is 0 Å². The molecule has 0 aromatic carbocycles. The molecule has 0 spiro atoms. The van der Waals surface area contributed by atoms with E-state index in [4.69, 9.17) is 0 Å². The maximum atomic E-state index is 10.6. The lowest BCUT2D eigenvalue weighted by Crippen LogP contribution is -2.27. The van der Waals surface area contributed by atoms with E-state index >= 15 is 0 Å². The van der Waals surface area contributed by atoms with E-state index in [0.717, 1.165) is 0 Å². The summed E-state index contributed by atoms with van der Waals surface area (Å²) >= 11 is 0. The normalized spacial score (nSPS) is 8.45. The topological polar surface area (TPSA) is 72.5 Å². The van der Waals surface area contributed by atoms with Crippen LogP contribution in [0.4, 0.5) is 0 Å². The van der Waals surface area contributed by atoms with Crippen molar-refractivity contribution < 1.29 is 19.1 Å². The summed E-state index contributed by atoms with van der Waals surface area (Å²) in [6.07, 6.45) is 1.09. The van der Waals surface area contributed by atoms with E-state index < -0.39 is 11.9 Å². The maximum Gasteiger partial charge on any atom is 0.315 e. The van der Waals surface area contributed by atoms with Gasteiger partial charge in [-0.25, -0.2) is 0 Å². The Morgan fingerprint density at radius 3 is 2.64 bits per heavy atom. The molecule has 0 heterocycles. The molecule has 5 nitrogen and oxygen atoms in total. The van der Waals surface area contributed by atoms with Gasteiger partial charge in [-0.3, -0.25) is 14.4 Å². The zero-order valence-electron chi connectivity index (χ0n) is 6.05. The molecular weight excluding hydrogens is 150 g/mol. The van der Waals surface area contributed by atoms with Gasteiger partial charge in [-0.15, -0.1) is 0 Å². The highest BCUT2D eigenvalue weighted by Gasteiger charge is 2.07. The molecule has 0 fully saturated rings. The summed E-state index contributed by atoms with van der Waals surface area (Å²) in [4.78, 5) is 30.6. The molecule has 61 valence electrons. The van der Waals surface area contributed by atoms with Gasteiger partial charge in [-0.1, -0.05) is 0 Å². The minimum absolute atomic E-state index is 0.199. The van der Waals surface area contributed by atoms with Gasteiger partial charge < -0.3 is 10.1 Å². The lowest BCUT2D eigenvalue weighted by Gasteiger charge is -1.98. The molecule has 0 aliphatic carbocycles. The van der Waals surface area contributed by atoms with Crippen LogP contribution in [-0.2, 0) is 19.1 Å². The fourth-order valence-electron chi connectivity index (χ4n) is 0.400. The van der Waals surface area contributed by atoms with Crippen LogP contribution < -0.4 is 5.32 Å². The van der Waals surface area contributed by atoms with Crippen molar-refractivity contribution in [3.63, 3.8) is 0 Å². The highest BCUT2D eigenvalue weighted by Crippen LogP contribution is 1.82. The van der Waals surface area contributed by atoms with Gasteiger partial charge in [0.1, 0.15) is 6.42 Å². The molecule has 1 amide bonds. The monoisotopic (exact) mass is 158 g/mol. The number of esters is 1. The van der Waals surface area contributed by atoms with Crippen molar-refractivity contribution in [2.24, 2.45) is 0 Å². The Labute approximate surface area is 63.7 Å². The molecule has 0 aromatic heterocycles. The van der Waals surface area contributed by atoms with Crippen molar-refractivity contribution in [3.8, 4) is 0 Å². The molecule has 0 atom stereocenters. The van der Waals surface area contributed by atoms with Crippen molar-refractivity contribution in [3.05, 3.63) is 0 Å². The third-order valence-electron chi connectivity index (χ3n) is 0.890. The van der Waals surface area contributed by atoms with Gasteiger partial charge >= 0.3 is 5.97 Å². The SMILES string of the molecule is COC(=O)CC(=O)NC[C]=O. The van der Waals surface area contributed by atoms with Gasteiger partial charge in [-0.05, 0) is 0 Å². The highest BCUT2D eigenvalue weighted by molar-refractivity contribution is 5.94. The van der Waals surface area contributed by atoms with Gasteiger partial charge in [0.15, 0.2) is 0 Å². The van der Waals surface area contributed by atoms with E-state index in [1.807, 2.05) is 0 Å². The number of rotatable bonds is 4. The van der Waals surface area contributed by atoms with Crippen LogP contribution in [0, 0.1) is 0 Å². The predicted molar refractivity (Wildman–Crippen MR) is 35.3 cm³/mol. The number of ether oxygens (including phenoxy) is 1. The summed E-state index contributed by atoms with van der Waals surface area (Å²) in [5.74, 6) is -1.17. The Hall–Kier alpha value is -1.39. The largest absolute Gasteiger partial charge is 0.469 e. The van der Waals surface area contributed by atoms with Crippen LogP contribution in [0.3, 0.4) is 0 Å². The van der Waals surface area contributed by atoms with Gasteiger partial charge in [-0.2, -0.15) is 0 Å². The van der Waals surface area contributed by atoms with Crippen LogP contribution in [0.15, 0.2) is 0 Å². The standard InChI is InChI=1S/C6H8NO4/c1-11-6(10)4-5(9)7-2-3-8/h2,4H2,1H3,(H,7,9). The van der Waals surface area contributed by atoms with Crippen LogP contribution in [-0.4, -0.2) is 31.8 Å². The molecule has 5 heteroatoms. The second-order valence-electron chi connectivity index (χ2n) is 1.67. The number of carbonyl (C=O) groups excluding carboxylic acids is 3. The van der Waals surface area contributed by atoms with Crippen LogP contribution >= 0.6 is 0 Å². The number of hydrogen-bond donors (Lipinski definition) is 1. The molecular formula is C6H8NO4. The van der Waals surface area contributed by atoms with E-state index in [1.54, 1.807) is 0 Å². The predicted octanol–water partition coefficient (Wildman–Crippen LogP) is -1.22. The first-order valence-electron chi connectivity index (χ1n) is 2.89. The first-order chi connectivity index (χ1) is 5.20. The molecule has 0 saturated carbocycles. The number of nitrogens with one attached hydrogen (secondary N) is 1. The minimum atomic E-state index is -0.631. The summed E-state index contributed by atoms with van der Waals surface area (Å²) in [5.41, 5.74) is 0. The summed E-state index contributed by atoms with van der Waals surface area (Å²) in [5, 5.41) is 2.13. The molecule has 11 heavy (non-hydrogen) atoms. The number of methoxy groups -OCH3 is 1. The molecule has 1 radical (unpaired) electrons. The third-order valence-corrected chi connectivity index (χ3v) is 0.890. The van der Waals surface area contributed by atoms with Crippen molar-refractivity contribution in [1.82, 2.24) is 5.32 Å². The minimum Gasteiger partial charge on any atom is -0.469 e. The lowest BCUT2D eigenvalue weighted by atomic mass is 10.4. The zero-order valence-corrected chi connectivity index (χ0v) is 6.05. The maximum absolute atomic E-state index is 10.6. The number of carbonyl (C=O) groups is 2. The molecule has 0 aliphatic heterocycles. The molecule has 0 unspecified atom stereocenters. The van der Waals surface area contributed by atoms with Crippen LogP contribution in [0.1, 0.15) is 6.42 Å². The fourth-order valence-corrected chi connectivity index (χ4v) is 0.400. The van der Waals surface area contributed by atoms with E-state index in [2.05, 4.69) is 10.1 Å². The molecule has 0 aromatic rings. The second-order valence-corrected chi connectivity index (χ2v) is 1.67. The fraction of sp³-hybridized carbons (Fsp3) is 0.500. The molecule has 0 bridgehead atoms. The Balaban J connectivity index is 3.51. The van der Waals surface area contributed by atoms with Crippen molar-refractivity contribution in [2.45, 2.75) is 6.42 Å². The summed E-state index contributed by atoms with van der Waals surface area (Å²) in [6.45, 7) is -0.199. The molecule has 0 saturated heterocycles. The Morgan fingerprint density at radius 2 is 2.18 bits per heavy atom. The van der Waals surface area contributed by atoms with E-state index in [1.165, 1.54) is 13.4 Å². The first-order valence-corrected chi connectivity index (χ1v) is 2.89. The summed E-state index contributed by atoms with van der Waals surface area (Å²) in [6, 6.07) is 0. The van der Waals surface area contributed by atoms with Gasteiger partial charge in [0.25, 0.3) is 0 Å². The van der Waals surface area contributed by atoms with E-state index in [0.29, 0.717) is 0 Å². The van der Waals surface area contributed by atoms with Crippen molar-refractivity contribution in [2.75, 3.05) is 13.7 Å². The average Bonchev–Trinajstić information content (AvgIpc) is 2.00. The smallest absolute Gasteiger partial charge is 0.315 e. The van der Waals surface area contributed by atoms with Gasteiger partial charge in [0.2, 0.25) is 12.2 Å².